The number of carbonyl (C=O) groups is 1. The Morgan fingerprint density at radius 3 is 2.59 bits per heavy atom. The fourth-order valence-electron chi connectivity index (χ4n) is 3.44. The van der Waals surface area contributed by atoms with Crippen LogP contribution < -0.4 is 9.47 Å². The van der Waals surface area contributed by atoms with Crippen LogP contribution in [0.5, 0.6) is 11.5 Å². The number of amides is 1. The predicted octanol–water partition coefficient (Wildman–Crippen LogP) is 4.39. The van der Waals surface area contributed by atoms with Crippen molar-refractivity contribution in [3.05, 3.63) is 59.2 Å². The van der Waals surface area contributed by atoms with Gasteiger partial charge >= 0.3 is 6.18 Å². The molecule has 0 saturated heterocycles. The Bertz CT molecular complexity index is 1040. The highest BCUT2D eigenvalue weighted by molar-refractivity contribution is 6.03. The molecular weight excluding hydrogens is 425 g/mol. The van der Waals surface area contributed by atoms with Gasteiger partial charge in [0, 0.05) is 5.56 Å². The van der Waals surface area contributed by atoms with Gasteiger partial charge < -0.3 is 14.6 Å². The zero-order chi connectivity index (χ0) is 23.7. The molecule has 1 amide bonds. The molecule has 0 aromatic heterocycles. The molecule has 2 aromatic carbocycles. The van der Waals surface area contributed by atoms with E-state index < -0.39 is 30.8 Å². The average Bonchev–Trinajstić information content (AvgIpc) is 3.11. The molecule has 0 radical (unpaired) electrons. The van der Waals surface area contributed by atoms with E-state index in [1.165, 1.54) is 19.2 Å². The van der Waals surface area contributed by atoms with Crippen molar-refractivity contribution >= 4 is 11.6 Å². The molecule has 3 rings (SSSR count). The third kappa shape index (κ3) is 4.57. The van der Waals surface area contributed by atoms with Crippen molar-refractivity contribution in [2.75, 3.05) is 13.7 Å². The molecule has 1 aliphatic heterocycles. The smallest absolute Gasteiger partial charge is 0.438 e. The topological polar surface area (TPSA) is 71.4 Å². The minimum Gasteiger partial charge on any atom is -0.497 e. The number of methoxy groups -OCH3 is 1. The van der Waals surface area contributed by atoms with E-state index in [-0.39, 0.29) is 16.6 Å². The maximum Gasteiger partial charge on any atom is 0.438 e. The van der Waals surface area contributed by atoms with E-state index >= 15 is 0 Å². The van der Waals surface area contributed by atoms with E-state index in [0.717, 1.165) is 11.1 Å². The van der Waals surface area contributed by atoms with Crippen LogP contribution >= 0.6 is 0 Å². The van der Waals surface area contributed by atoms with Crippen molar-refractivity contribution in [2.45, 2.75) is 45.0 Å². The monoisotopic (exact) mass is 450 g/mol. The van der Waals surface area contributed by atoms with Gasteiger partial charge in [0.2, 0.25) is 0 Å². The van der Waals surface area contributed by atoms with Crippen LogP contribution in [0.2, 0.25) is 0 Å². The van der Waals surface area contributed by atoms with Crippen LogP contribution in [0.25, 0.3) is 0 Å². The van der Waals surface area contributed by atoms with Crippen LogP contribution in [0, 0.1) is 6.92 Å². The number of rotatable bonds is 6. The molecular formula is C23H25F3N2O4. The summed E-state index contributed by atoms with van der Waals surface area (Å²) < 4.78 is 52.1. The Kier molecular flexibility index (Phi) is 6.50. The highest BCUT2D eigenvalue weighted by Crippen LogP contribution is 2.41. The van der Waals surface area contributed by atoms with Crippen molar-refractivity contribution in [3.63, 3.8) is 0 Å². The SMILES string of the molecule is COc1cccc(C2=NN(C(=O)COc3cc(C)ccc3C(C)C)C(O)(C(F)(F)F)C2)c1. The summed E-state index contributed by atoms with van der Waals surface area (Å²) in [6, 6.07) is 11.7. The van der Waals surface area contributed by atoms with Crippen molar-refractivity contribution in [3.8, 4) is 11.5 Å². The normalized spacial score (nSPS) is 18.7. The summed E-state index contributed by atoms with van der Waals surface area (Å²) in [5, 5.41) is 14.4. The Labute approximate surface area is 184 Å². The first-order valence-corrected chi connectivity index (χ1v) is 10.0. The molecule has 2 aromatic rings. The summed E-state index contributed by atoms with van der Waals surface area (Å²) in [4.78, 5) is 12.8. The van der Waals surface area contributed by atoms with Gasteiger partial charge in [0.25, 0.3) is 11.6 Å². The van der Waals surface area contributed by atoms with E-state index in [9.17, 15) is 23.1 Å². The minimum absolute atomic E-state index is 0.0760. The van der Waals surface area contributed by atoms with Gasteiger partial charge in [-0.15, -0.1) is 0 Å². The van der Waals surface area contributed by atoms with Gasteiger partial charge in [-0.1, -0.05) is 38.1 Å². The number of aryl methyl sites for hydroxylation is 1. The number of hydrogen-bond acceptors (Lipinski definition) is 5. The number of carbonyl (C=O) groups excluding carboxylic acids is 1. The molecule has 6 nitrogen and oxygen atoms in total. The molecule has 32 heavy (non-hydrogen) atoms. The van der Waals surface area contributed by atoms with Crippen LogP contribution in [0.4, 0.5) is 13.2 Å². The fourth-order valence-corrected chi connectivity index (χ4v) is 3.44. The Hall–Kier alpha value is -3.07. The zero-order valence-electron chi connectivity index (χ0n) is 18.2. The number of halogens is 3. The third-order valence-electron chi connectivity index (χ3n) is 5.22. The summed E-state index contributed by atoms with van der Waals surface area (Å²) in [5.74, 6) is -0.217. The molecule has 0 spiro atoms. The summed E-state index contributed by atoms with van der Waals surface area (Å²) in [6.07, 6.45) is -6.03. The second kappa shape index (κ2) is 8.82. The van der Waals surface area contributed by atoms with Gasteiger partial charge in [0.15, 0.2) is 6.61 Å². The summed E-state index contributed by atoms with van der Waals surface area (Å²) >= 11 is 0. The first-order valence-electron chi connectivity index (χ1n) is 10.0. The van der Waals surface area contributed by atoms with Crippen molar-refractivity contribution in [1.82, 2.24) is 5.01 Å². The van der Waals surface area contributed by atoms with Gasteiger partial charge in [-0.2, -0.15) is 23.3 Å². The Morgan fingerprint density at radius 2 is 1.97 bits per heavy atom. The number of nitrogens with zero attached hydrogens (tertiary/aromatic N) is 2. The molecule has 1 aliphatic rings. The van der Waals surface area contributed by atoms with E-state index in [0.29, 0.717) is 17.1 Å². The number of benzene rings is 2. The lowest BCUT2D eigenvalue weighted by Crippen LogP contribution is -2.57. The maximum atomic E-state index is 13.8. The van der Waals surface area contributed by atoms with E-state index in [2.05, 4.69) is 5.10 Å². The van der Waals surface area contributed by atoms with Crippen LogP contribution in [0.1, 0.15) is 42.9 Å². The highest BCUT2D eigenvalue weighted by atomic mass is 19.4. The van der Waals surface area contributed by atoms with Crippen LogP contribution in [0.3, 0.4) is 0 Å². The largest absolute Gasteiger partial charge is 0.497 e. The maximum absolute atomic E-state index is 13.8. The van der Waals surface area contributed by atoms with Gasteiger partial charge in [0.05, 0.1) is 19.2 Å². The molecule has 172 valence electrons. The molecule has 1 atom stereocenters. The van der Waals surface area contributed by atoms with Gasteiger partial charge in [-0.25, -0.2) is 0 Å². The predicted molar refractivity (Wildman–Crippen MR) is 113 cm³/mol. The lowest BCUT2D eigenvalue weighted by Gasteiger charge is -2.32. The molecule has 0 saturated carbocycles. The Balaban J connectivity index is 1.89. The van der Waals surface area contributed by atoms with Crippen LogP contribution in [-0.2, 0) is 4.79 Å². The van der Waals surface area contributed by atoms with Crippen LogP contribution in [-0.4, -0.2) is 47.4 Å². The van der Waals surface area contributed by atoms with Crippen molar-refractivity contribution in [1.29, 1.82) is 0 Å². The highest BCUT2D eigenvalue weighted by Gasteiger charge is 2.63. The number of ether oxygens (including phenoxy) is 2. The minimum atomic E-state index is -5.13. The summed E-state index contributed by atoms with van der Waals surface area (Å²) in [6.45, 7) is 5.00. The van der Waals surface area contributed by atoms with Gasteiger partial charge in [-0.3, -0.25) is 4.79 Å². The van der Waals surface area contributed by atoms with Crippen LogP contribution in [0.15, 0.2) is 47.6 Å². The summed E-state index contributed by atoms with van der Waals surface area (Å²) in [7, 11) is 1.42. The van der Waals surface area contributed by atoms with Crippen molar-refractivity contribution < 1.29 is 32.5 Å². The lowest BCUT2D eigenvalue weighted by molar-refractivity contribution is -0.302. The second-order valence-corrected chi connectivity index (χ2v) is 7.96. The van der Waals surface area contributed by atoms with E-state index in [1.54, 1.807) is 18.2 Å². The second-order valence-electron chi connectivity index (χ2n) is 7.96. The first kappa shape index (κ1) is 23.6. The molecule has 0 aliphatic carbocycles. The van der Waals surface area contributed by atoms with E-state index in [1.807, 2.05) is 32.9 Å². The Morgan fingerprint density at radius 1 is 1.25 bits per heavy atom. The first-order chi connectivity index (χ1) is 15.0. The molecule has 0 bridgehead atoms. The van der Waals surface area contributed by atoms with Gasteiger partial charge in [-0.05, 0) is 42.2 Å². The fraction of sp³-hybridized carbons (Fsp3) is 0.391. The molecule has 1 heterocycles. The molecule has 9 heteroatoms. The molecule has 0 fully saturated rings. The van der Waals surface area contributed by atoms with Gasteiger partial charge in [0.1, 0.15) is 11.5 Å². The molecule has 1 unspecified atom stereocenters. The number of hydrogen-bond donors (Lipinski definition) is 1. The lowest BCUT2D eigenvalue weighted by atomic mass is 10.0. The zero-order valence-corrected chi connectivity index (χ0v) is 18.2. The molecule has 1 N–H and O–H groups in total. The number of hydrazone groups is 1. The van der Waals surface area contributed by atoms with Crippen molar-refractivity contribution in [2.24, 2.45) is 5.10 Å². The number of alkyl halides is 3. The summed E-state index contributed by atoms with van der Waals surface area (Å²) in [5.41, 5.74) is -1.56. The number of aliphatic hydroxyl groups is 1. The average molecular weight is 450 g/mol. The third-order valence-corrected chi connectivity index (χ3v) is 5.22. The van der Waals surface area contributed by atoms with E-state index in [4.69, 9.17) is 9.47 Å². The quantitative estimate of drug-likeness (QED) is 0.709. The standard InChI is InChI=1S/C23H25F3N2O4/c1-14(2)18-9-8-15(3)10-20(18)32-13-21(29)28-22(30,23(24,25)26)12-19(27-28)16-6-5-7-17(11-16)31-4/h5-11,14,30H,12-13H2,1-4H3.